The molecule has 0 spiro atoms. The third-order valence-corrected chi connectivity index (χ3v) is 2.94. The maximum Gasteiger partial charge on any atom is 0.340 e. The number of aromatic nitrogens is 1. The first kappa shape index (κ1) is 13.9. The van der Waals surface area contributed by atoms with Gasteiger partial charge < -0.3 is 9.47 Å². The lowest BCUT2D eigenvalue weighted by molar-refractivity contribution is 0.0554. The highest BCUT2D eigenvalue weighted by atomic mass is 79.9. The SMILES string of the molecule is COC(=O)c1cnc(Cl)c(CBr)c1C(=O)OC. The third kappa shape index (κ3) is 2.76. The number of ether oxygens (including phenoxy) is 2. The second-order valence-corrected chi connectivity index (χ2v) is 3.85. The van der Waals surface area contributed by atoms with Crippen molar-refractivity contribution in [2.75, 3.05) is 14.2 Å². The van der Waals surface area contributed by atoms with Crippen molar-refractivity contribution in [3.63, 3.8) is 0 Å². The van der Waals surface area contributed by atoms with E-state index in [1.54, 1.807) is 0 Å². The summed E-state index contributed by atoms with van der Waals surface area (Å²) < 4.78 is 9.18. The molecule has 0 aliphatic rings. The van der Waals surface area contributed by atoms with Gasteiger partial charge in [0.25, 0.3) is 0 Å². The number of rotatable bonds is 3. The van der Waals surface area contributed by atoms with Crippen LogP contribution in [-0.4, -0.2) is 31.1 Å². The first-order valence-corrected chi connectivity index (χ1v) is 5.96. The Morgan fingerprint density at radius 1 is 1.35 bits per heavy atom. The predicted molar refractivity (Wildman–Crippen MR) is 64.6 cm³/mol. The molecule has 7 heteroatoms. The van der Waals surface area contributed by atoms with Gasteiger partial charge in [0.2, 0.25) is 0 Å². The minimum Gasteiger partial charge on any atom is -0.465 e. The molecule has 0 aromatic carbocycles. The normalized spacial score (nSPS) is 9.88. The van der Waals surface area contributed by atoms with E-state index in [2.05, 4.69) is 30.4 Å². The van der Waals surface area contributed by atoms with Gasteiger partial charge in [-0.05, 0) is 0 Å². The molecule has 1 aromatic rings. The summed E-state index contributed by atoms with van der Waals surface area (Å²) in [5.41, 5.74) is 0.482. The summed E-state index contributed by atoms with van der Waals surface area (Å²) >= 11 is 9.03. The number of hydrogen-bond donors (Lipinski definition) is 0. The minimum atomic E-state index is -0.670. The molecule has 0 fully saturated rings. The van der Waals surface area contributed by atoms with Crippen molar-refractivity contribution in [1.29, 1.82) is 0 Å². The Morgan fingerprint density at radius 3 is 2.41 bits per heavy atom. The molecule has 0 unspecified atom stereocenters. The lowest BCUT2D eigenvalue weighted by Crippen LogP contribution is -2.15. The second kappa shape index (κ2) is 5.97. The Bertz CT molecular complexity index is 464. The molecule has 17 heavy (non-hydrogen) atoms. The van der Waals surface area contributed by atoms with E-state index in [-0.39, 0.29) is 21.6 Å². The highest BCUT2D eigenvalue weighted by Gasteiger charge is 2.24. The standard InChI is InChI=1S/C10H9BrClNO4/c1-16-9(14)6-4-13-8(12)5(3-11)7(6)10(15)17-2/h4H,3H2,1-2H3. The van der Waals surface area contributed by atoms with Crippen LogP contribution in [-0.2, 0) is 14.8 Å². The Hall–Kier alpha value is -1.14. The first-order valence-electron chi connectivity index (χ1n) is 4.46. The van der Waals surface area contributed by atoms with E-state index in [9.17, 15) is 9.59 Å². The number of halogens is 2. The van der Waals surface area contributed by atoms with E-state index in [0.29, 0.717) is 5.56 Å². The van der Waals surface area contributed by atoms with Crippen molar-refractivity contribution < 1.29 is 19.1 Å². The van der Waals surface area contributed by atoms with Crippen molar-refractivity contribution in [1.82, 2.24) is 4.98 Å². The zero-order valence-corrected chi connectivity index (χ0v) is 11.5. The maximum atomic E-state index is 11.6. The third-order valence-electron chi connectivity index (χ3n) is 2.06. The summed E-state index contributed by atoms with van der Waals surface area (Å²) in [6, 6.07) is 0. The number of alkyl halides is 1. The number of esters is 2. The molecule has 1 heterocycles. The summed E-state index contributed by atoms with van der Waals surface area (Å²) in [5, 5.41) is 0.406. The molecule has 0 amide bonds. The van der Waals surface area contributed by atoms with Gasteiger partial charge in [-0.3, -0.25) is 0 Å². The quantitative estimate of drug-likeness (QED) is 0.485. The van der Waals surface area contributed by atoms with Crippen LogP contribution in [0.15, 0.2) is 6.20 Å². The molecule has 92 valence electrons. The average molecular weight is 323 g/mol. The fourth-order valence-electron chi connectivity index (χ4n) is 1.25. The number of methoxy groups -OCH3 is 2. The van der Waals surface area contributed by atoms with Gasteiger partial charge in [0.15, 0.2) is 0 Å². The Kier molecular flexibility index (Phi) is 4.89. The van der Waals surface area contributed by atoms with Gasteiger partial charge in [0.05, 0.1) is 25.3 Å². The minimum absolute atomic E-state index is 0.0261. The number of pyridine rings is 1. The number of hydrogen-bond acceptors (Lipinski definition) is 5. The van der Waals surface area contributed by atoms with Gasteiger partial charge in [-0.25, -0.2) is 14.6 Å². The predicted octanol–water partition coefficient (Wildman–Crippen LogP) is 2.20. The molecule has 0 saturated heterocycles. The zero-order valence-electron chi connectivity index (χ0n) is 9.12. The lowest BCUT2D eigenvalue weighted by Gasteiger charge is -2.10. The first-order chi connectivity index (χ1) is 8.06. The number of nitrogens with zero attached hydrogens (tertiary/aromatic N) is 1. The fraction of sp³-hybridized carbons (Fsp3) is 0.300. The molecule has 0 bridgehead atoms. The zero-order chi connectivity index (χ0) is 13.0. The van der Waals surface area contributed by atoms with E-state index < -0.39 is 11.9 Å². The van der Waals surface area contributed by atoms with Crippen molar-refractivity contribution in [3.05, 3.63) is 28.0 Å². The molecule has 0 atom stereocenters. The summed E-state index contributed by atoms with van der Waals surface area (Å²) in [6.45, 7) is 0. The smallest absolute Gasteiger partial charge is 0.340 e. The highest BCUT2D eigenvalue weighted by Crippen LogP contribution is 2.25. The molecule has 0 N–H and O–H groups in total. The molecular weight excluding hydrogens is 313 g/mol. The van der Waals surface area contributed by atoms with Gasteiger partial charge in [-0.15, -0.1) is 0 Å². The Morgan fingerprint density at radius 2 is 1.94 bits per heavy atom. The van der Waals surface area contributed by atoms with Crippen molar-refractivity contribution >= 4 is 39.5 Å². The topological polar surface area (TPSA) is 65.5 Å². The van der Waals surface area contributed by atoms with Crippen LogP contribution in [0.3, 0.4) is 0 Å². The average Bonchev–Trinajstić information content (AvgIpc) is 2.36. The Labute approximate surface area is 111 Å². The molecule has 1 rings (SSSR count). The largest absolute Gasteiger partial charge is 0.465 e. The molecule has 5 nitrogen and oxygen atoms in total. The van der Waals surface area contributed by atoms with Gasteiger partial charge in [-0.1, -0.05) is 27.5 Å². The van der Waals surface area contributed by atoms with Crippen LogP contribution in [0.25, 0.3) is 0 Å². The van der Waals surface area contributed by atoms with Crippen LogP contribution >= 0.6 is 27.5 Å². The van der Waals surface area contributed by atoms with Crippen LogP contribution < -0.4 is 0 Å². The molecule has 0 aliphatic carbocycles. The highest BCUT2D eigenvalue weighted by molar-refractivity contribution is 9.08. The van der Waals surface area contributed by atoms with Gasteiger partial charge in [0, 0.05) is 17.1 Å². The van der Waals surface area contributed by atoms with E-state index in [4.69, 9.17) is 11.6 Å². The van der Waals surface area contributed by atoms with Gasteiger partial charge in [0.1, 0.15) is 5.15 Å². The van der Waals surface area contributed by atoms with Crippen LogP contribution in [0.5, 0.6) is 0 Å². The van der Waals surface area contributed by atoms with Crippen molar-refractivity contribution in [2.24, 2.45) is 0 Å². The monoisotopic (exact) mass is 321 g/mol. The van der Waals surface area contributed by atoms with Gasteiger partial charge in [-0.2, -0.15) is 0 Å². The second-order valence-electron chi connectivity index (χ2n) is 2.93. The summed E-state index contributed by atoms with van der Waals surface area (Å²) in [5.74, 6) is -1.33. The summed E-state index contributed by atoms with van der Waals surface area (Å²) in [7, 11) is 2.43. The molecule has 0 saturated carbocycles. The summed E-state index contributed by atoms with van der Waals surface area (Å²) in [6.07, 6.45) is 1.19. The molecular formula is C10H9BrClNO4. The molecule has 0 radical (unpaired) electrons. The van der Waals surface area contributed by atoms with Crippen LogP contribution in [0.2, 0.25) is 5.15 Å². The van der Waals surface area contributed by atoms with E-state index >= 15 is 0 Å². The summed E-state index contributed by atoms with van der Waals surface area (Å²) in [4.78, 5) is 27.0. The van der Waals surface area contributed by atoms with Gasteiger partial charge >= 0.3 is 11.9 Å². The van der Waals surface area contributed by atoms with E-state index in [1.165, 1.54) is 20.4 Å². The van der Waals surface area contributed by atoms with Crippen molar-refractivity contribution in [3.8, 4) is 0 Å². The Balaban J connectivity index is 3.50. The van der Waals surface area contributed by atoms with Crippen LogP contribution in [0.1, 0.15) is 26.3 Å². The van der Waals surface area contributed by atoms with Crippen LogP contribution in [0.4, 0.5) is 0 Å². The molecule has 1 aromatic heterocycles. The van der Waals surface area contributed by atoms with Crippen LogP contribution in [0, 0.1) is 0 Å². The number of carbonyl (C=O) groups excluding carboxylic acids is 2. The number of carbonyl (C=O) groups is 2. The molecule has 0 aliphatic heterocycles. The van der Waals surface area contributed by atoms with Crippen molar-refractivity contribution in [2.45, 2.75) is 5.33 Å². The maximum absolute atomic E-state index is 11.6. The fourth-order valence-corrected chi connectivity index (χ4v) is 2.17. The van der Waals surface area contributed by atoms with E-state index in [0.717, 1.165) is 0 Å². The lowest BCUT2D eigenvalue weighted by atomic mass is 10.1. The van der Waals surface area contributed by atoms with E-state index in [1.807, 2.05) is 0 Å².